The van der Waals surface area contributed by atoms with Crippen LogP contribution in [0.25, 0.3) is 0 Å². The van der Waals surface area contributed by atoms with Crippen LogP contribution in [0.2, 0.25) is 0 Å². The van der Waals surface area contributed by atoms with Gasteiger partial charge in [0, 0.05) is 17.1 Å². The van der Waals surface area contributed by atoms with E-state index >= 15 is 0 Å². The summed E-state index contributed by atoms with van der Waals surface area (Å²) in [6.07, 6.45) is 5.25. The normalized spacial score (nSPS) is 12.3. The average molecular weight is 245 g/mol. The van der Waals surface area contributed by atoms with Crippen LogP contribution in [0.1, 0.15) is 6.92 Å². The Labute approximate surface area is 100 Å². The van der Waals surface area contributed by atoms with Crippen molar-refractivity contribution >= 4 is 0 Å². The second-order valence-electron chi connectivity index (χ2n) is 2.91. The van der Waals surface area contributed by atoms with Crippen LogP contribution in [0.3, 0.4) is 0 Å². The molecule has 1 aromatic rings. The predicted octanol–water partition coefficient (Wildman–Crippen LogP) is 3.23. The van der Waals surface area contributed by atoms with Gasteiger partial charge in [0.15, 0.2) is 0 Å². The molecule has 0 saturated heterocycles. The Morgan fingerprint density at radius 1 is 1.20 bits per heavy atom. The van der Waals surface area contributed by atoms with Crippen molar-refractivity contribution in [2.45, 2.75) is 6.92 Å². The van der Waals surface area contributed by atoms with Gasteiger partial charge in [-0.05, 0) is 18.6 Å². The summed E-state index contributed by atoms with van der Waals surface area (Å²) in [6, 6.07) is 10.0. The summed E-state index contributed by atoms with van der Waals surface area (Å²) in [5.41, 5.74) is 1.39. The molecule has 0 unspecified atom stereocenters. The molecule has 15 heavy (non-hydrogen) atoms. The topological polar surface area (TPSA) is 40.5 Å². The first-order valence-corrected chi connectivity index (χ1v) is 4.36. The minimum atomic E-state index is -0.600. The Balaban J connectivity index is 0.000000280. The van der Waals surface area contributed by atoms with Gasteiger partial charge in [-0.2, -0.15) is 18.2 Å². The van der Waals surface area contributed by atoms with Crippen molar-refractivity contribution in [1.82, 2.24) is 0 Å². The zero-order chi connectivity index (χ0) is 10.4. The third-order valence-electron chi connectivity index (χ3n) is 1.83. The summed E-state index contributed by atoms with van der Waals surface area (Å²) in [6.45, 7) is 1.82. The number of rotatable bonds is 0. The van der Waals surface area contributed by atoms with Crippen LogP contribution in [-0.4, -0.2) is 10.2 Å². The molecule has 0 fully saturated rings. The summed E-state index contributed by atoms with van der Waals surface area (Å²) in [4.78, 5) is 0. The van der Waals surface area contributed by atoms with E-state index < -0.39 is 5.95 Å². The van der Waals surface area contributed by atoms with Crippen molar-refractivity contribution in [1.29, 1.82) is 0 Å². The van der Waals surface area contributed by atoms with Crippen LogP contribution in [0.4, 0.5) is 0 Å². The third kappa shape index (κ3) is 4.63. The molecule has 0 aliphatic heterocycles. The van der Waals surface area contributed by atoms with Gasteiger partial charge >= 0.3 is 0 Å². The number of aliphatic hydroxyl groups is 2. The van der Waals surface area contributed by atoms with Gasteiger partial charge in [-0.3, -0.25) is 0 Å². The minimum Gasteiger partial charge on any atom is -0.481 e. The Morgan fingerprint density at radius 3 is 2.00 bits per heavy atom. The molecule has 0 saturated carbocycles. The van der Waals surface area contributed by atoms with E-state index in [1.807, 2.05) is 43.3 Å². The van der Waals surface area contributed by atoms with E-state index in [2.05, 4.69) is 0 Å². The molecule has 2 rings (SSSR count). The van der Waals surface area contributed by atoms with Crippen molar-refractivity contribution in [3.63, 3.8) is 0 Å². The van der Waals surface area contributed by atoms with E-state index in [4.69, 9.17) is 10.2 Å². The van der Waals surface area contributed by atoms with Crippen LogP contribution >= 0.6 is 0 Å². The molecular weight excluding hydrogens is 232 g/mol. The predicted molar refractivity (Wildman–Crippen MR) is 57.2 cm³/mol. The molecule has 0 heterocycles. The zero-order valence-electron chi connectivity index (χ0n) is 8.37. The summed E-state index contributed by atoms with van der Waals surface area (Å²) < 4.78 is 0. The van der Waals surface area contributed by atoms with Gasteiger partial charge < -0.3 is 10.2 Å². The molecule has 0 amide bonds. The van der Waals surface area contributed by atoms with Gasteiger partial charge in [-0.15, -0.1) is 0 Å². The molecule has 3 heteroatoms. The number of hydrogen-bond donors (Lipinski definition) is 2. The van der Waals surface area contributed by atoms with Crippen molar-refractivity contribution in [2.24, 2.45) is 0 Å². The molecule has 2 nitrogen and oxygen atoms in total. The van der Waals surface area contributed by atoms with Gasteiger partial charge in [0.2, 0.25) is 0 Å². The molecule has 0 spiro atoms. The molecule has 0 radical (unpaired) electrons. The SMILES string of the molecule is CC1=CC=CC1=C(O)O.[Fe].c1cc[cH-]c1. The first-order valence-electron chi connectivity index (χ1n) is 4.36. The Kier molecular flexibility index (Phi) is 6.43. The minimum absolute atomic E-state index is 0. The fourth-order valence-electron chi connectivity index (χ4n) is 1.08. The van der Waals surface area contributed by atoms with Gasteiger partial charge in [-0.1, -0.05) is 12.2 Å². The van der Waals surface area contributed by atoms with Crippen LogP contribution in [0.15, 0.2) is 65.7 Å². The molecule has 1 aliphatic carbocycles. The van der Waals surface area contributed by atoms with Gasteiger partial charge in [-0.25, -0.2) is 12.1 Å². The number of hydrogen-bond acceptors (Lipinski definition) is 2. The summed E-state index contributed by atoms with van der Waals surface area (Å²) in [7, 11) is 0. The van der Waals surface area contributed by atoms with E-state index in [-0.39, 0.29) is 17.1 Å². The third-order valence-corrected chi connectivity index (χ3v) is 1.83. The van der Waals surface area contributed by atoms with E-state index in [0.717, 1.165) is 5.57 Å². The monoisotopic (exact) mass is 245 g/mol. The Morgan fingerprint density at radius 2 is 1.80 bits per heavy atom. The van der Waals surface area contributed by atoms with Gasteiger partial charge in [0.25, 0.3) is 5.95 Å². The van der Waals surface area contributed by atoms with E-state index in [9.17, 15) is 0 Å². The molecule has 1 aliphatic rings. The van der Waals surface area contributed by atoms with Gasteiger partial charge in [0.1, 0.15) is 0 Å². The quantitative estimate of drug-likeness (QED) is 0.418. The standard InChI is InChI=1S/C7H8O2.C5H5.Fe/c1-5-3-2-4-6(5)7(8)9;1-2-4-5-3-1;/h2-4,8-9H,1H3;1-5H;/q;-1;. The van der Waals surface area contributed by atoms with Gasteiger partial charge in [0.05, 0.1) is 5.57 Å². The Hall–Kier alpha value is -1.31. The molecule has 1 aromatic carbocycles. The summed E-state index contributed by atoms with van der Waals surface area (Å²) >= 11 is 0. The maximum absolute atomic E-state index is 8.57. The largest absolute Gasteiger partial charge is 0.481 e. The second-order valence-corrected chi connectivity index (χ2v) is 2.91. The van der Waals surface area contributed by atoms with E-state index in [0.29, 0.717) is 5.57 Å². The maximum atomic E-state index is 8.57. The number of aliphatic hydroxyl groups excluding tert-OH is 1. The molecular formula is C12H13FeO2-. The van der Waals surface area contributed by atoms with Crippen LogP contribution in [0.5, 0.6) is 0 Å². The first kappa shape index (κ1) is 13.7. The van der Waals surface area contributed by atoms with Crippen LogP contribution in [-0.2, 0) is 17.1 Å². The molecule has 0 atom stereocenters. The average Bonchev–Trinajstić information content (AvgIpc) is 2.74. The first-order chi connectivity index (χ1) is 6.72. The molecule has 2 N–H and O–H groups in total. The zero-order valence-corrected chi connectivity index (χ0v) is 9.47. The fraction of sp³-hybridized carbons (Fsp3) is 0.0833. The second kappa shape index (κ2) is 7.04. The Bertz CT molecular complexity index is 338. The van der Waals surface area contributed by atoms with Crippen molar-refractivity contribution in [3.05, 3.63) is 65.7 Å². The molecule has 0 aromatic heterocycles. The van der Waals surface area contributed by atoms with Crippen LogP contribution < -0.4 is 0 Å². The van der Waals surface area contributed by atoms with E-state index in [1.165, 1.54) is 0 Å². The van der Waals surface area contributed by atoms with Crippen molar-refractivity contribution in [3.8, 4) is 0 Å². The smallest absolute Gasteiger partial charge is 0.281 e. The van der Waals surface area contributed by atoms with E-state index in [1.54, 1.807) is 12.2 Å². The summed E-state index contributed by atoms with van der Waals surface area (Å²) in [5.74, 6) is -0.600. The van der Waals surface area contributed by atoms with Crippen molar-refractivity contribution in [2.75, 3.05) is 0 Å². The number of allylic oxidation sites excluding steroid dienone is 5. The molecule has 82 valence electrons. The summed E-state index contributed by atoms with van der Waals surface area (Å²) in [5, 5.41) is 17.1. The van der Waals surface area contributed by atoms with Crippen LogP contribution in [0, 0.1) is 0 Å². The fourth-order valence-corrected chi connectivity index (χ4v) is 1.08. The maximum Gasteiger partial charge on any atom is 0.281 e. The molecule has 0 bridgehead atoms. The van der Waals surface area contributed by atoms with Crippen molar-refractivity contribution < 1.29 is 27.3 Å².